The summed E-state index contributed by atoms with van der Waals surface area (Å²) in [6.07, 6.45) is 2.52. The van der Waals surface area contributed by atoms with Gasteiger partial charge >= 0.3 is 0 Å². The number of hydrogen-bond donors (Lipinski definition) is 3. The Balaban J connectivity index is 1.50. The molecule has 0 saturated carbocycles. The van der Waals surface area contributed by atoms with Crippen LogP contribution in [0.3, 0.4) is 0 Å². The molecule has 2 aromatic carbocycles. The van der Waals surface area contributed by atoms with Gasteiger partial charge in [-0.1, -0.05) is 41.9 Å². The zero-order valence-corrected chi connectivity index (χ0v) is 22.6. The van der Waals surface area contributed by atoms with Crippen LogP contribution in [-0.2, 0) is 14.4 Å². The van der Waals surface area contributed by atoms with Crippen molar-refractivity contribution in [2.45, 2.75) is 55.1 Å². The molecule has 2 aromatic rings. The van der Waals surface area contributed by atoms with Crippen molar-refractivity contribution >= 4 is 52.5 Å². The van der Waals surface area contributed by atoms with Gasteiger partial charge in [-0.25, -0.2) is 0 Å². The fraction of sp³-hybridized carbons (Fsp3) is 0.464. The standard InChI is InChI=1S/C28H32ClN3O4S/c1-17-9-8-12-19(29)22(17)31-25(35)23-28-14-13-27(2,37-28)20(24(34)30-18-10-4-3-5-11-18)21(28)26(36)32(23)15-6-7-16-33/h3-5,8-12,20-21,23,33H,6-7,13-16H2,1-2H3,(H,30,34)(H,31,35)/t20-,21+,23?,27+,28?/m1/s1. The zero-order chi connectivity index (χ0) is 26.4. The van der Waals surface area contributed by atoms with Crippen molar-refractivity contribution in [3.8, 4) is 0 Å². The number of halogens is 1. The molecule has 2 bridgehead atoms. The number of anilines is 2. The molecule has 5 rings (SSSR count). The molecule has 3 heterocycles. The molecule has 2 unspecified atom stereocenters. The number of carbonyl (C=O) groups is 3. The normalized spacial score (nSPS) is 29.9. The maximum absolute atomic E-state index is 14.0. The highest BCUT2D eigenvalue weighted by Gasteiger charge is 2.77. The van der Waals surface area contributed by atoms with Gasteiger partial charge in [0, 0.05) is 23.6 Å². The van der Waals surface area contributed by atoms with Crippen molar-refractivity contribution < 1.29 is 19.5 Å². The number of unbranched alkanes of at least 4 members (excludes halogenated alkanes) is 1. The van der Waals surface area contributed by atoms with Gasteiger partial charge in [-0.05, 0) is 63.3 Å². The van der Waals surface area contributed by atoms with Crippen LogP contribution in [0.2, 0.25) is 5.02 Å². The third-order valence-corrected chi connectivity index (χ3v) is 10.4. The second-order valence-electron chi connectivity index (χ2n) is 10.5. The summed E-state index contributed by atoms with van der Waals surface area (Å²) in [7, 11) is 0. The van der Waals surface area contributed by atoms with Crippen LogP contribution in [0.1, 0.15) is 38.2 Å². The molecule has 3 amide bonds. The number of fused-ring (bicyclic) bond motifs is 1. The summed E-state index contributed by atoms with van der Waals surface area (Å²) >= 11 is 8.05. The maximum Gasteiger partial charge on any atom is 0.248 e. The molecule has 37 heavy (non-hydrogen) atoms. The molecule has 0 aromatic heterocycles. The first-order chi connectivity index (χ1) is 17.7. The van der Waals surface area contributed by atoms with Gasteiger partial charge in [-0.2, -0.15) is 0 Å². The first-order valence-corrected chi connectivity index (χ1v) is 13.9. The Morgan fingerprint density at radius 3 is 2.54 bits per heavy atom. The highest BCUT2D eigenvalue weighted by molar-refractivity contribution is 8.02. The lowest BCUT2D eigenvalue weighted by Gasteiger charge is -2.35. The Morgan fingerprint density at radius 2 is 1.84 bits per heavy atom. The molecule has 0 radical (unpaired) electrons. The van der Waals surface area contributed by atoms with E-state index < -0.39 is 27.4 Å². The zero-order valence-electron chi connectivity index (χ0n) is 21.0. The van der Waals surface area contributed by atoms with Gasteiger partial charge in [0.2, 0.25) is 17.7 Å². The summed E-state index contributed by atoms with van der Waals surface area (Å²) in [4.78, 5) is 43.3. The van der Waals surface area contributed by atoms with Crippen molar-refractivity contribution in [3.05, 3.63) is 59.1 Å². The Hall–Kier alpha value is -2.55. The topological polar surface area (TPSA) is 98.7 Å². The van der Waals surface area contributed by atoms with Crippen LogP contribution in [0.15, 0.2) is 48.5 Å². The minimum Gasteiger partial charge on any atom is -0.396 e. The molecular weight excluding hydrogens is 510 g/mol. The minimum atomic E-state index is -0.735. The van der Waals surface area contributed by atoms with Crippen molar-refractivity contribution in [2.24, 2.45) is 11.8 Å². The molecule has 196 valence electrons. The summed E-state index contributed by atoms with van der Waals surface area (Å²) in [5.74, 6) is -1.77. The minimum absolute atomic E-state index is 0.0151. The van der Waals surface area contributed by atoms with E-state index in [-0.39, 0.29) is 24.3 Å². The third kappa shape index (κ3) is 4.33. The lowest BCUT2D eigenvalue weighted by molar-refractivity contribution is -0.139. The number of nitrogens with zero attached hydrogens (tertiary/aromatic N) is 1. The molecule has 3 fully saturated rings. The lowest BCUT2D eigenvalue weighted by Crippen LogP contribution is -2.52. The van der Waals surface area contributed by atoms with E-state index in [1.54, 1.807) is 22.7 Å². The van der Waals surface area contributed by atoms with Crippen LogP contribution < -0.4 is 10.6 Å². The van der Waals surface area contributed by atoms with Gasteiger partial charge < -0.3 is 20.6 Å². The second-order valence-corrected chi connectivity index (χ2v) is 12.8. The Morgan fingerprint density at radius 1 is 1.08 bits per heavy atom. The molecule has 5 atom stereocenters. The molecule has 7 nitrogen and oxygen atoms in total. The number of benzene rings is 2. The molecule has 3 aliphatic heterocycles. The Labute approximate surface area is 226 Å². The summed E-state index contributed by atoms with van der Waals surface area (Å²) in [5.41, 5.74) is 2.06. The lowest BCUT2D eigenvalue weighted by atomic mass is 9.66. The van der Waals surface area contributed by atoms with E-state index in [2.05, 4.69) is 17.6 Å². The van der Waals surface area contributed by atoms with Crippen molar-refractivity contribution in [3.63, 3.8) is 0 Å². The number of rotatable bonds is 8. The molecule has 1 spiro atoms. The van der Waals surface area contributed by atoms with Gasteiger partial charge in [-0.15, -0.1) is 11.8 Å². The number of aryl methyl sites for hydroxylation is 1. The van der Waals surface area contributed by atoms with E-state index in [0.717, 1.165) is 12.0 Å². The number of para-hydroxylation sites is 2. The van der Waals surface area contributed by atoms with Crippen LogP contribution in [0, 0.1) is 18.8 Å². The molecule has 0 aliphatic carbocycles. The largest absolute Gasteiger partial charge is 0.396 e. The number of aliphatic hydroxyl groups is 1. The number of aliphatic hydroxyl groups excluding tert-OH is 1. The number of hydrogen-bond acceptors (Lipinski definition) is 5. The van der Waals surface area contributed by atoms with Crippen LogP contribution in [-0.4, -0.2) is 56.4 Å². The van der Waals surface area contributed by atoms with Gasteiger partial charge in [0.15, 0.2) is 0 Å². The van der Waals surface area contributed by atoms with Crippen LogP contribution in [0.4, 0.5) is 11.4 Å². The van der Waals surface area contributed by atoms with Crippen molar-refractivity contribution in [2.75, 3.05) is 23.8 Å². The second kappa shape index (κ2) is 9.97. The van der Waals surface area contributed by atoms with E-state index in [9.17, 15) is 19.5 Å². The fourth-order valence-electron chi connectivity index (χ4n) is 6.48. The van der Waals surface area contributed by atoms with E-state index in [1.165, 1.54) is 0 Å². The molecule has 3 N–H and O–H groups in total. The van der Waals surface area contributed by atoms with Gasteiger partial charge in [0.25, 0.3) is 0 Å². The van der Waals surface area contributed by atoms with Crippen molar-refractivity contribution in [1.82, 2.24) is 4.90 Å². The smallest absolute Gasteiger partial charge is 0.248 e. The Bertz CT molecular complexity index is 1210. The molecule has 9 heteroatoms. The third-order valence-electron chi connectivity index (χ3n) is 8.13. The van der Waals surface area contributed by atoms with E-state index >= 15 is 0 Å². The summed E-state index contributed by atoms with van der Waals surface area (Å²) in [6, 6.07) is 14.0. The fourth-order valence-corrected chi connectivity index (χ4v) is 9.11. The molecule has 3 aliphatic rings. The summed E-state index contributed by atoms with van der Waals surface area (Å²) in [6.45, 7) is 4.29. The highest BCUT2D eigenvalue weighted by atomic mass is 35.5. The maximum atomic E-state index is 14.0. The predicted octanol–water partition coefficient (Wildman–Crippen LogP) is 4.48. The predicted molar refractivity (Wildman–Crippen MR) is 147 cm³/mol. The van der Waals surface area contributed by atoms with Gasteiger partial charge in [0.05, 0.1) is 27.3 Å². The summed E-state index contributed by atoms with van der Waals surface area (Å²) < 4.78 is -1.15. The average molecular weight is 542 g/mol. The van der Waals surface area contributed by atoms with Crippen LogP contribution in [0.5, 0.6) is 0 Å². The van der Waals surface area contributed by atoms with Crippen molar-refractivity contribution in [1.29, 1.82) is 0 Å². The van der Waals surface area contributed by atoms with Crippen LogP contribution in [0.25, 0.3) is 0 Å². The molecular formula is C28H32ClN3O4S. The number of thioether (sulfide) groups is 1. The van der Waals surface area contributed by atoms with Gasteiger partial charge in [0.1, 0.15) is 6.04 Å². The van der Waals surface area contributed by atoms with E-state index in [4.69, 9.17) is 11.6 Å². The first kappa shape index (κ1) is 26.1. The van der Waals surface area contributed by atoms with E-state index in [1.807, 2.05) is 49.4 Å². The number of nitrogens with one attached hydrogen (secondary N) is 2. The SMILES string of the molecule is Cc1cccc(Cl)c1NC(=O)C1N(CCCCO)C(=O)[C@@H]2[C@H](C(=O)Nc3ccccc3)[C@]3(C)CCC12S3. The quantitative estimate of drug-likeness (QED) is 0.428. The molecule has 3 saturated heterocycles. The summed E-state index contributed by atoms with van der Waals surface area (Å²) in [5, 5.41) is 15.8. The Kier molecular flexibility index (Phi) is 7.02. The number of amides is 3. The van der Waals surface area contributed by atoms with Crippen LogP contribution >= 0.6 is 23.4 Å². The average Bonchev–Trinajstić information content (AvgIpc) is 3.43. The first-order valence-electron chi connectivity index (χ1n) is 12.8. The monoisotopic (exact) mass is 541 g/mol. The van der Waals surface area contributed by atoms with E-state index in [0.29, 0.717) is 42.2 Å². The number of likely N-dealkylation sites (tertiary alicyclic amines) is 1. The highest BCUT2D eigenvalue weighted by Crippen LogP contribution is 2.71. The number of carbonyl (C=O) groups excluding carboxylic acids is 3. The van der Waals surface area contributed by atoms with Gasteiger partial charge in [-0.3, -0.25) is 14.4 Å².